The summed E-state index contributed by atoms with van der Waals surface area (Å²) in [5.41, 5.74) is 0. The molecule has 0 aliphatic heterocycles. The van der Waals surface area contributed by atoms with Gasteiger partial charge in [0.1, 0.15) is 0 Å². The predicted octanol–water partition coefficient (Wildman–Crippen LogP) is 11.2. The molecule has 0 aromatic rings. The number of allylic oxidation sites excluding steroid dienone is 2. The Labute approximate surface area is 186 Å². The van der Waals surface area contributed by atoms with Crippen molar-refractivity contribution in [2.24, 2.45) is 5.92 Å². The smallest absolute Gasteiger partial charge is 0.0348 e. The van der Waals surface area contributed by atoms with E-state index in [-0.39, 0.29) is 0 Å². The van der Waals surface area contributed by atoms with Gasteiger partial charge in [0.15, 0.2) is 0 Å². The molecule has 0 rings (SSSR count). The highest BCUT2D eigenvalue weighted by molar-refractivity contribution is 4.81. The van der Waals surface area contributed by atoms with Crippen LogP contribution in [-0.2, 0) is 0 Å². The number of rotatable bonds is 24. The van der Waals surface area contributed by atoms with Gasteiger partial charge in [-0.25, -0.2) is 0 Å². The molecule has 0 heteroatoms. The molecule has 0 aliphatic carbocycles. The Morgan fingerprint density at radius 3 is 1.28 bits per heavy atom. The number of hydrogen-bond donors (Lipinski definition) is 0. The maximum Gasteiger partial charge on any atom is -0.0348 e. The molecule has 0 nitrogen and oxygen atoms in total. The first-order valence-electron chi connectivity index (χ1n) is 14.0. The third-order valence-corrected chi connectivity index (χ3v) is 6.52. The monoisotopic (exact) mass is 406 g/mol. The van der Waals surface area contributed by atoms with Gasteiger partial charge in [0.25, 0.3) is 0 Å². The first-order chi connectivity index (χ1) is 14.3. The van der Waals surface area contributed by atoms with Crippen LogP contribution in [0.2, 0.25) is 0 Å². The molecule has 0 aromatic carbocycles. The van der Waals surface area contributed by atoms with Gasteiger partial charge in [-0.1, -0.05) is 155 Å². The van der Waals surface area contributed by atoms with E-state index in [1.165, 1.54) is 148 Å². The van der Waals surface area contributed by atoms with Gasteiger partial charge in [0, 0.05) is 0 Å². The average molecular weight is 407 g/mol. The van der Waals surface area contributed by atoms with E-state index in [1.807, 2.05) is 0 Å². The maximum atomic E-state index is 2.45. The van der Waals surface area contributed by atoms with Gasteiger partial charge < -0.3 is 0 Å². The molecule has 0 aliphatic rings. The van der Waals surface area contributed by atoms with E-state index < -0.39 is 0 Å². The minimum Gasteiger partial charge on any atom is -0.0885 e. The molecule has 29 heavy (non-hydrogen) atoms. The SMILES string of the molecule is CCCCCCCCCCCCCCCCCCC=CCCC(C)CCCCC. The van der Waals surface area contributed by atoms with Crippen molar-refractivity contribution in [3.05, 3.63) is 12.2 Å². The fourth-order valence-electron chi connectivity index (χ4n) is 4.31. The Bertz CT molecular complexity index is 303. The summed E-state index contributed by atoms with van der Waals surface area (Å²) in [6, 6.07) is 0. The van der Waals surface area contributed by atoms with Crippen LogP contribution in [0.25, 0.3) is 0 Å². The third-order valence-electron chi connectivity index (χ3n) is 6.52. The average Bonchev–Trinajstić information content (AvgIpc) is 2.72. The second kappa shape index (κ2) is 25.8. The van der Waals surface area contributed by atoms with Crippen molar-refractivity contribution in [1.29, 1.82) is 0 Å². The molecule has 1 atom stereocenters. The van der Waals surface area contributed by atoms with Crippen LogP contribution >= 0.6 is 0 Å². The number of hydrogen-bond acceptors (Lipinski definition) is 0. The van der Waals surface area contributed by atoms with Crippen molar-refractivity contribution >= 4 is 0 Å². The second-order valence-corrected chi connectivity index (χ2v) is 9.74. The van der Waals surface area contributed by atoms with Crippen molar-refractivity contribution in [3.8, 4) is 0 Å². The first-order valence-corrected chi connectivity index (χ1v) is 14.0. The Balaban J connectivity index is 3.13. The van der Waals surface area contributed by atoms with Crippen LogP contribution in [0.1, 0.15) is 168 Å². The Morgan fingerprint density at radius 1 is 0.414 bits per heavy atom. The molecule has 0 fully saturated rings. The molecule has 0 saturated carbocycles. The van der Waals surface area contributed by atoms with Crippen molar-refractivity contribution in [3.63, 3.8) is 0 Å². The summed E-state index contributed by atoms with van der Waals surface area (Å²) in [5.74, 6) is 0.918. The molecular weight excluding hydrogens is 348 g/mol. The molecule has 0 aromatic heterocycles. The zero-order chi connectivity index (χ0) is 21.3. The fourth-order valence-corrected chi connectivity index (χ4v) is 4.31. The van der Waals surface area contributed by atoms with Gasteiger partial charge in [-0.3, -0.25) is 0 Å². The summed E-state index contributed by atoms with van der Waals surface area (Å²) in [6.07, 6.45) is 37.9. The highest BCUT2D eigenvalue weighted by Gasteiger charge is 1.99. The summed E-state index contributed by atoms with van der Waals surface area (Å²) in [5, 5.41) is 0. The van der Waals surface area contributed by atoms with E-state index in [9.17, 15) is 0 Å². The van der Waals surface area contributed by atoms with Gasteiger partial charge in [-0.15, -0.1) is 0 Å². The van der Waals surface area contributed by atoms with E-state index in [4.69, 9.17) is 0 Å². The van der Waals surface area contributed by atoms with Crippen molar-refractivity contribution in [1.82, 2.24) is 0 Å². The molecule has 0 saturated heterocycles. The second-order valence-electron chi connectivity index (χ2n) is 9.74. The highest BCUT2D eigenvalue weighted by Crippen LogP contribution is 2.16. The van der Waals surface area contributed by atoms with Crippen LogP contribution in [0.4, 0.5) is 0 Å². The first kappa shape index (κ1) is 28.7. The molecule has 0 radical (unpaired) electrons. The molecule has 0 bridgehead atoms. The largest absolute Gasteiger partial charge is 0.0885 e. The lowest BCUT2D eigenvalue weighted by molar-refractivity contribution is 0.467. The van der Waals surface area contributed by atoms with Gasteiger partial charge in [0.2, 0.25) is 0 Å². The van der Waals surface area contributed by atoms with Crippen LogP contribution in [-0.4, -0.2) is 0 Å². The molecular formula is C29H58. The van der Waals surface area contributed by atoms with Gasteiger partial charge in [0.05, 0.1) is 0 Å². The molecule has 1 unspecified atom stereocenters. The van der Waals surface area contributed by atoms with Crippen LogP contribution in [0, 0.1) is 5.92 Å². The summed E-state index contributed by atoms with van der Waals surface area (Å²) in [6.45, 7) is 7.03. The molecule has 0 amide bonds. The molecule has 174 valence electrons. The summed E-state index contributed by atoms with van der Waals surface area (Å²) in [7, 11) is 0. The maximum absolute atomic E-state index is 2.45. The molecule has 0 N–H and O–H groups in total. The highest BCUT2D eigenvalue weighted by atomic mass is 14.1. The Morgan fingerprint density at radius 2 is 0.793 bits per heavy atom. The van der Waals surface area contributed by atoms with Gasteiger partial charge in [-0.2, -0.15) is 0 Å². The van der Waals surface area contributed by atoms with Crippen molar-refractivity contribution in [2.45, 2.75) is 168 Å². The fraction of sp³-hybridized carbons (Fsp3) is 0.931. The van der Waals surface area contributed by atoms with E-state index >= 15 is 0 Å². The number of unbranched alkanes of at least 4 members (excludes halogenated alkanes) is 18. The quantitative estimate of drug-likeness (QED) is 0.110. The van der Waals surface area contributed by atoms with Crippen LogP contribution in [0.15, 0.2) is 12.2 Å². The molecule has 0 heterocycles. The van der Waals surface area contributed by atoms with Crippen LogP contribution in [0.5, 0.6) is 0 Å². The minimum absolute atomic E-state index is 0.918. The Kier molecular flexibility index (Phi) is 25.5. The lowest BCUT2D eigenvalue weighted by atomic mass is 9.98. The summed E-state index contributed by atoms with van der Waals surface area (Å²) >= 11 is 0. The standard InChI is InChI=1S/C29H58/c1-4-6-8-9-10-11-12-13-14-15-16-17-18-19-20-21-22-23-24-26-28-29(3)27-25-7-5-2/h23-24,29H,4-22,25-28H2,1-3H3. The van der Waals surface area contributed by atoms with Crippen LogP contribution < -0.4 is 0 Å². The normalized spacial score (nSPS) is 12.8. The zero-order valence-electron chi connectivity index (χ0n) is 21.0. The van der Waals surface area contributed by atoms with Gasteiger partial charge in [-0.05, 0) is 31.6 Å². The van der Waals surface area contributed by atoms with E-state index in [1.54, 1.807) is 0 Å². The third kappa shape index (κ3) is 25.7. The van der Waals surface area contributed by atoms with Crippen molar-refractivity contribution in [2.75, 3.05) is 0 Å². The van der Waals surface area contributed by atoms with Crippen molar-refractivity contribution < 1.29 is 0 Å². The summed E-state index contributed by atoms with van der Waals surface area (Å²) in [4.78, 5) is 0. The minimum atomic E-state index is 0.918. The Hall–Kier alpha value is -0.260. The van der Waals surface area contributed by atoms with E-state index in [0.717, 1.165) is 5.92 Å². The van der Waals surface area contributed by atoms with E-state index in [2.05, 4.69) is 32.9 Å². The zero-order valence-corrected chi connectivity index (χ0v) is 21.0. The predicted molar refractivity (Wildman–Crippen MR) is 136 cm³/mol. The van der Waals surface area contributed by atoms with Crippen LogP contribution in [0.3, 0.4) is 0 Å². The topological polar surface area (TPSA) is 0 Å². The van der Waals surface area contributed by atoms with Gasteiger partial charge >= 0.3 is 0 Å². The molecule has 0 spiro atoms. The lowest BCUT2D eigenvalue weighted by Gasteiger charge is -2.08. The lowest BCUT2D eigenvalue weighted by Crippen LogP contribution is -1.93. The summed E-state index contributed by atoms with van der Waals surface area (Å²) < 4.78 is 0. The van der Waals surface area contributed by atoms with E-state index in [0.29, 0.717) is 0 Å².